The number of esters is 1. The van der Waals surface area contributed by atoms with Gasteiger partial charge in [0.2, 0.25) is 0 Å². The fourth-order valence-corrected chi connectivity index (χ4v) is 2.31. The second-order valence-electron chi connectivity index (χ2n) is 5.16. The summed E-state index contributed by atoms with van der Waals surface area (Å²) >= 11 is 0. The second kappa shape index (κ2) is 7.67. The molecule has 1 saturated carbocycles. The SMILES string of the molecule is COC(=O)C(NCCCN=[N+]=[N-])c1cccc(C2CC2)c1. The highest BCUT2D eigenvalue weighted by atomic mass is 16.5. The smallest absolute Gasteiger partial charge is 0.327 e. The predicted octanol–water partition coefficient (Wildman–Crippen LogP) is 3.07. The molecule has 21 heavy (non-hydrogen) atoms. The Hall–Kier alpha value is -2.04. The Kier molecular flexibility index (Phi) is 5.60. The highest BCUT2D eigenvalue weighted by Gasteiger charge is 2.26. The number of ether oxygens (including phenoxy) is 1. The molecule has 2 rings (SSSR count). The van der Waals surface area contributed by atoms with Gasteiger partial charge in [0.05, 0.1) is 7.11 Å². The first-order chi connectivity index (χ1) is 10.3. The van der Waals surface area contributed by atoms with E-state index in [4.69, 9.17) is 10.3 Å². The van der Waals surface area contributed by atoms with Gasteiger partial charge in [0.15, 0.2) is 0 Å². The van der Waals surface area contributed by atoms with Gasteiger partial charge >= 0.3 is 5.97 Å². The summed E-state index contributed by atoms with van der Waals surface area (Å²) in [7, 11) is 1.39. The maximum Gasteiger partial charge on any atom is 0.327 e. The van der Waals surface area contributed by atoms with Crippen LogP contribution in [0.25, 0.3) is 10.4 Å². The highest BCUT2D eigenvalue weighted by molar-refractivity contribution is 5.77. The number of methoxy groups -OCH3 is 1. The minimum atomic E-state index is -0.472. The number of hydrogen-bond donors (Lipinski definition) is 1. The fourth-order valence-electron chi connectivity index (χ4n) is 2.31. The molecule has 0 aliphatic heterocycles. The lowest BCUT2D eigenvalue weighted by atomic mass is 10.0. The van der Waals surface area contributed by atoms with Crippen LogP contribution < -0.4 is 5.32 Å². The van der Waals surface area contributed by atoms with Crippen LogP contribution in [0.2, 0.25) is 0 Å². The number of hydrogen-bond acceptors (Lipinski definition) is 4. The van der Waals surface area contributed by atoms with Crippen molar-refractivity contribution in [1.82, 2.24) is 5.32 Å². The first-order valence-electron chi connectivity index (χ1n) is 7.18. The molecule has 112 valence electrons. The summed E-state index contributed by atoms with van der Waals surface area (Å²) in [6, 6.07) is 7.64. The van der Waals surface area contributed by atoms with Crippen LogP contribution in [0, 0.1) is 0 Å². The third kappa shape index (κ3) is 4.48. The van der Waals surface area contributed by atoms with Gasteiger partial charge in [-0.25, -0.2) is 4.79 Å². The first-order valence-corrected chi connectivity index (χ1v) is 7.18. The van der Waals surface area contributed by atoms with Gasteiger partial charge < -0.3 is 10.1 Å². The zero-order valence-electron chi connectivity index (χ0n) is 12.2. The van der Waals surface area contributed by atoms with E-state index < -0.39 is 6.04 Å². The van der Waals surface area contributed by atoms with Crippen LogP contribution in [0.15, 0.2) is 29.4 Å². The van der Waals surface area contributed by atoms with Crippen LogP contribution >= 0.6 is 0 Å². The van der Waals surface area contributed by atoms with Gasteiger partial charge in [0.25, 0.3) is 0 Å². The topological polar surface area (TPSA) is 87.1 Å². The Morgan fingerprint density at radius 3 is 3.05 bits per heavy atom. The van der Waals surface area contributed by atoms with Crippen molar-refractivity contribution < 1.29 is 9.53 Å². The van der Waals surface area contributed by atoms with E-state index in [2.05, 4.69) is 27.5 Å². The molecule has 1 aliphatic rings. The van der Waals surface area contributed by atoms with E-state index in [1.165, 1.54) is 25.5 Å². The summed E-state index contributed by atoms with van der Waals surface area (Å²) in [6.07, 6.45) is 3.14. The third-order valence-corrected chi connectivity index (χ3v) is 3.58. The van der Waals surface area contributed by atoms with Gasteiger partial charge in [-0.1, -0.05) is 29.4 Å². The zero-order valence-corrected chi connectivity index (χ0v) is 12.2. The maximum atomic E-state index is 12.0. The van der Waals surface area contributed by atoms with E-state index in [0.29, 0.717) is 25.4 Å². The summed E-state index contributed by atoms with van der Waals surface area (Å²) < 4.78 is 4.88. The predicted molar refractivity (Wildman–Crippen MR) is 79.8 cm³/mol. The van der Waals surface area contributed by atoms with Crippen LogP contribution in [-0.4, -0.2) is 26.2 Å². The number of carbonyl (C=O) groups excluding carboxylic acids is 1. The van der Waals surface area contributed by atoms with Gasteiger partial charge in [-0.3, -0.25) is 0 Å². The van der Waals surface area contributed by atoms with Crippen molar-refractivity contribution in [2.45, 2.75) is 31.2 Å². The average Bonchev–Trinajstić information content (AvgIpc) is 3.35. The molecule has 0 saturated heterocycles. The molecule has 1 aromatic rings. The Morgan fingerprint density at radius 1 is 1.57 bits per heavy atom. The van der Waals surface area contributed by atoms with Crippen LogP contribution in [0.4, 0.5) is 0 Å². The molecule has 1 unspecified atom stereocenters. The lowest BCUT2D eigenvalue weighted by Crippen LogP contribution is -2.30. The largest absolute Gasteiger partial charge is 0.468 e. The number of azide groups is 1. The molecule has 0 amide bonds. The van der Waals surface area contributed by atoms with E-state index in [0.717, 1.165) is 5.56 Å². The van der Waals surface area contributed by atoms with E-state index >= 15 is 0 Å². The molecular weight excluding hydrogens is 268 g/mol. The Labute approximate surface area is 124 Å². The number of benzene rings is 1. The van der Waals surface area contributed by atoms with Crippen LogP contribution in [0.1, 0.15) is 42.3 Å². The molecule has 6 nitrogen and oxygen atoms in total. The molecule has 1 N–H and O–H groups in total. The van der Waals surface area contributed by atoms with E-state index in [9.17, 15) is 4.79 Å². The Morgan fingerprint density at radius 2 is 2.38 bits per heavy atom. The lowest BCUT2D eigenvalue weighted by Gasteiger charge is -2.17. The third-order valence-electron chi connectivity index (χ3n) is 3.58. The molecule has 1 aromatic carbocycles. The number of rotatable bonds is 8. The molecule has 0 bridgehead atoms. The molecule has 6 heteroatoms. The molecule has 1 aliphatic carbocycles. The van der Waals surface area contributed by atoms with Gasteiger partial charge in [0, 0.05) is 11.5 Å². The summed E-state index contributed by atoms with van der Waals surface area (Å²) in [5.74, 6) is 0.347. The average molecular weight is 288 g/mol. The number of nitrogens with zero attached hydrogens (tertiary/aromatic N) is 3. The maximum absolute atomic E-state index is 12.0. The quantitative estimate of drug-likeness (QED) is 0.262. The van der Waals surface area contributed by atoms with Crippen LogP contribution in [-0.2, 0) is 9.53 Å². The van der Waals surface area contributed by atoms with Crippen molar-refractivity contribution in [3.8, 4) is 0 Å². The fraction of sp³-hybridized carbons (Fsp3) is 0.533. The standard InChI is InChI=1S/C15H20N4O2/c1-21-15(20)14(17-8-3-9-18-19-16)13-5-2-4-12(10-13)11-6-7-11/h2,4-5,10-11,14,17H,3,6-9H2,1H3. The van der Waals surface area contributed by atoms with Crippen molar-refractivity contribution in [2.24, 2.45) is 5.11 Å². The minimum Gasteiger partial charge on any atom is -0.468 e. The Balaban J connectivity index is 2.02. The molecule has 1 fully saturated rings. The summed E-state index contributed by atoms with van der Waals surface area (Å²) in [6.45, 7) is 1.01. The van der Waals surface area contributed by atoms with Crippen LogP contribution in [0.5, 0.6) is 0 Å². The number of carbonyl (C=O) groups is 1. The molecule has 1 atom stereocenters. The van der Waals surface area contributed by atoms with Gasteiger partial charge in [0.1, 0.15) is 6.04 Å². The summed E-state index contributed by atoms with van der Waals surface area (Å²) in [5.41, 5.74) is 10.4. The summed E-state index contributed by atoms with van der Waals surface area (Å²) in [4.78, 5) is 14.7. The van der Waals surface area contributed by atoms with Crippen molar-refractivity contribution in [3.63, 3.8) is 0 Å². The molecule has 0 spiro atoms. The zero-order chi connectivity index (χ0) is 15.1. The van der Waals surface area contributed by atoms with E-state index in [-0.39, 0.29) is 5.97 Å². The van der Waals surface area contributed by atoms with Crippen molar-refractivity contribution in [1.29, 1.82) is 0 Å². The monoisotopic (exact) mass is 288 g/mol. The Bertz CT molecular complexity index is 536. The highest BCUT2D eigenvalue weighted by Crippen LogP contribution is 2.40. The minimum absolute atomic E-state index is 0.299. The van der Waals surface area contributed by atoms with Gasteiger partial charge in [-0.2, -0.15) is 0 Å². The van der Waals surface area contributed by atoms with Crippen molar-refractivity contribution >= 4 is 5.97 Å². The molecule has 0 aromatic heterocycles. The number of nitrogens with one attached hydrogen (secondary N) is 1. The van der Waals surface area contributed by atoms with E-state index in [1.807, 2.05) is 12.1 Å². The lowest BCUT2D eigenvalue weighted by molar-refractivity contribution is -0.143. The van der Waals surface area contributed by atoms with Crippen molar-refractivity contribution in [3.05, 3.63) is 45.8 Å². The van der Waals surface area contributed by atoms with Gasteiger partial charge in [-0.15, -0.1) is 0 Å². The molecule has 0 heterocycles. The van der Waals surface area contributed by atoms with Crippen molar-refractivity contribution in [2.75, 3.05) is 20.2 Å². The molecule has 0 radical (unpaired) electrons. The first kappa shape index (κ1) is 15.4. The normalized spacial score (nSPS) is 15.1. The van der Waals surface area contributed by atoms with Gasteiger partial charge in [-0.05, 0) is 48.4 Å². The molecular formula is C15H20N4O2. The van der Waals surface area contributed by atoms with Crippen LogP contribution in [0.3, 0.4) is 0 Å². The second-order valence-corrected chi connectivity index (χ2v) is 5.16. The summed E-state index contributed by atoms with van der Waals surface area (Å²) in [5, 5.41) is 6.65. The van der Waals surface area contributed by atoms with E-state index in [1.54, 1.807) is 0 Å².